The maximum Gasteiger partial charge on any atom is 0.305 e. The van der Waals surface area contributed by atoms with Crippen molar-refractivity contribution in [2.75, 3.05) is 19.8 Å². The van der Waals surface area contributed by atoms with Crippen LogP contribution in [0.2, 0.25) is 0 Å². The molecule has 1 amide bonds. The van der Waals surface area contributed by atoms with Gasteiger partial charge in [0.1, 0.15) is 24.4 Å². The molecule has 0 aromatic rings. The van der Waals surface area contributed by atoms with E-state index in [0.717, 1.165) is 70.6 Å². The number of hydrogen-bond acceptors (Lipinski definition) is 10. The Kier molecular flexibility index (Phi) is 59.4. The highest BCUT2D eigenvalue weighted by Gasteiger charge is 2.44. The lowest BCUT2D eigenvalue weighted by atomic mass is 9.99. The molecule has 0 radical (unpaired) electrons. The number of aliphatic hydroxyl groups excluding tert-OH is 5. The molecule has 11 nitrogen and oxygen atoms in total. The van der Waals surface area contributed by atoms with Crippen molar-refractivity contribution in [3.8, 4) is 0 Å². The Balaban J connectivity index is 1.91. The number of ether oxygens (including phenoxy) is 3. The molecule has 0 bridgehead atoms. The molecule has 1 saturated heterocycles. The van der Waals surface area contributed by atoms with Crippen molar-refractivity contribution in [2.24, 2.45) is 0 Å². The van der Waals surface area contributed by atoms with Gasteiger partial charge in [-0.3, -0.25) is 9.59 Å². The fourth-order valence-corrected chi connectivity index (χ4v) is 11.5. The summed E-state index contributed by atoms with van der Waals surface area (Å²) in [6.45, 7) is 4.29. The van der Waals surface area contributed by atoms with Crippen LogP contribution in [-0.2, 0) is 23.8 Å². The number of aliphatic hydroxyl groups is 5. The van der Waals surface area contributed by atoms with E-state index in [4.69, 9.17) is 14.2 Å². The first kappa shape index (κ1) is 79.9. The second-order valence-corrected chi connectivity index (χ2v) is 25.3. The van der Waals surface area contributed by atoms with Crippen molar-refractivity contribution < 1.29 is 49.3 Å². The molecular weight excluding hydrogens is 1050 g/mol. The number of carbonyl (C=O) groups excluding carboxylic acids is 2. The fraction of sp³-hybridized carbons (Fsp3) is 0.890. The molecule has 0 aromatic heterocycles. The molecule has 494 valence electrons. The number of hydrogen-bond donors (Lipinski definition) is 6. The summed E-state index contributed by atoms with van der Waals surface area (Å²) in [6.07, 6.45) is 70.2. The van der Waals surface area contributed by atoms with Gasteiger partial charge >= 0.3 is 5.97 Å². The summed E-state index contributed by atoms with van der Waals surface area (Å²) in [7, 11) is 0. The Morgan fingerprint density at radius 3 is 1.15 bits per heavy atom. The summed E-state index contributed by atoms with van der Waals surface area (Å²) in [5.74, 6) is -0.177. The normalized spacial score (nSPS) is 18.2. The summed E-state index contributed by atoms with van der Waals surface area (Å²) in [5, 5.41) is 54.4. The Bertz CT molecular complexity index is 1490. The number of allylic oxidation sites excluding steroid dienone is 5. The van der Waals surface area contributed by atoms with Gasteiger partial charge in [-0.2, -0.15) is 0 Å². The Morgan fingerprint density at radius 2 is 0.774 bits per heavy atom. The van der Waals surface area contributed by atoms with Crippen molar-refractivity contribution >= 4 is 11.9 Å². The van der Waals surface area contributed by atoms with Crippen molar-refractivity contribution in [3.05, 3.63) is 36.5 Å². The lowest BCUT2D eigenvalue weighted by Gasteiger charge is -2.40. The minimum Gasteiger partial charge on any atom is -0.466 e. The molecule has 84 heavy (non-hydrogen) atoms. The molecule has 0 aliphatic carbocycles. The molecule has 6 N–H and O–H groups in total. The standard InChI is InChI=1S/C73H137NO10/c1-3-5-7-9-11-13-15-41-45-49-53-57-61-69(78)82-62-58-54-50-46-42-38-36-34-32-30-28-26-24-22-20-18-16-17-19-21-23-25-27-29-31-33-35-37-40-44-48-52-56-60-68(77)74-65(64-83-73-72(81)71(80)70(79)67(63-75)84-73)66(76)59-55-51-47-43-39-14-12-10-8-6-4-2/h8,10,39,43,55,59,65-67,70-73,75-76,79-81H,3-7,9,11-38,40-42,44-54,56-58,60-64H2,1-2H3,(H,74,77)/b10-8+,43-39+,59-55+. The first-order valence-electron chi connectivity index (χ1n) is 36.3. The molecule has 1 aliphatic rings. The molecule has 0 spiro atoms. The Hall–Kier alpha value is -2.12. The van der Waals surface area contributed by atoms with E-state index in [2.05, 4.69) is 43.5 Å². The van der Waals surface area contributed by atoms with E-state index in [0.29, 0.717) is 19.4 Å². The molecule has 0 aromatic carbocycles. The van der Waals surface area contributed by atoms with Gasteiger partial charge in [-0.05, 0) is 51.4 Å². The third kappa shape index (κ3) is 50.8. The van der Waals surface area contributed by atoms with Gasteiger partial charge in [0.15, 0.2) is 6.29 Å². The van der Waals surface area contributed by atoms with Gasteiger partial charge < -0.3 is 45.1 Å². The van der Waals surface area contributed by atoms with Crippen LogP contribution in [0.15, 0.2) is 36.5 Å². The molecule has 11 heteroatoms. The zero-order valence-electron chi connectivity index (χ0n) is 54.9. The summed E-state index contributed by atoms with van der Waals surface area (Å²) in [4.78, 5) is 25.1. The Labute approximate surface area is 517 Å². The Morgan fingerprint density at radius 1 is 0.429 bits per heavy atom. The minimum absolute atomic E-state index is 0.0151. The highest BCUT2D eigenvalue weighted by Crippen LogP contribution is 2.23. The number of nitrogens with one attached hydrogen (secondary N) is 1. The van der Waals surface area contributed by atoms with Crippen LogP contribution >= 0.6 is 0 Å². The van der Waals surface area contributed by atoms with E-state index < -0.39 is 49.5 Å². The topological polar surface area (TPSA) is 175 Å². The zero-order chi connectivity index (χ0) is 60.9. The third-order valence-corrected chi connectivity index (χ3v) is 17.2. The molecule has 7 unspecified atom stereocenters. The molecular formula is C73H137NO10. The average Bonchev–Trinajstić information content (AvgIpc) is 3.27. The predicted octanol–water partition coefficient (Wildman–Crippen LogP) is 18.6. The predicted molar refractivity (Wildman–Crippen MR) is 352 cm³/mol. The maximum atomic E-state index is 13.0. The van der Waals surface area contributed by atoms with Crippen molar-refractivity contribution in [3.63, 3.8) is 0 Å². The molecule has 0 saturated carbocycles. The van der Waals surface area contributed by atoms with Crippen molar-refractivity contribution in [1.29, 1.82) is 0 Å². The smallest absolute Gasteiger partial charge is 0.305 e. The van der Waals surface area contributed by atoms with Crippen LogP contribution in [0.25, 0.3) is 0 Å². The first-order valence-corrected chi connectivity index (χ1v) is 36.3. The summed E-state index contributed by atoms with van der Waals surface area (Å²) in [6, 6.07) is -0.830. The fourth-order valence-electron chi connectivity index (χ4n) is 11.5. The molecule has 1 aliphatic heterocycles. The van der Waals surface area contributed by atoms with Crippen LogP contribution in [0.3, 0.4) is 0 Å². The van der Waals surface area contributed by atoms with Crippen LogP contribution in [0.1, 0.15) is 354 Å². The van der Waals surface area contributed by atoms with E-state index in [1.165, 1.54) is 257 Å². The molecule has 1 fully saturated rings. The lowest BCUT2D eigenvalue weighted by molar-refractivity contribution is -0.302. The highest BCUT2D eigenvalue weighted by atomic mass is 16.7. The van der Waals surface area contributed by atoms with E-state index in [9.17, 15) is 35.1 Å². The summed E-state index contributed by atoms with van der Waals surface area (Å²) < 4.78 is 16.7. The van der Waals surface area contributed by atoms with Crippen molar-refractivity contribution in [2.45, 2.75) is 397 Å². The first-order chi connectivity index (χ1) is 41.2. The average molecular weight is 1190 g/mol. The maximum absolute atomic E-state index is 13.0. The summed E-state index contributed by atoms with van der Waals surface area (Å²) in [5.41, 5.74) is 0. The number of carbonyl (C=O) groups is 2. The van der Waals surface area contributed by atoms with E-state index in [1.54, 1.807) is 6.08 Å². The van der Waals surface area contributed by atoms with E-state index in [1.807, 2.05) is 6.08 Å². The van der Waals surface area contributed by atoms with Crippen molar-refractivity contribution in [1.82, 2.24) is 5.32 Å². The summed E-state index contributed by atoms with van der Waals surface area (Å²) >= 11 is 0. The number of rotatable bonds is 64. The zero-order valence-corrected chi connectivity index (χ0v) is 54.9. The van der Waals surface area contributed by atoms with Gasteiger partial charge in [-0.15, -0.1) is 0 Å². The lowest BCUT2D eigenvalue weighted by Crippen LogP contribution is -2.60. The molecule has 7 atom stereocenters. The van der Waals surface area contributed by atoms with Crippen LogP contribution in [-0.4, -0.2) is 100 Å². The van der Waals surface area contributed by atoms with Gasteiger partial charge in [-0.25, -0.2) is 0 Å². The van der Waals surface area contributed by atoms with Crippen LogP contribution in [0.4, 0.5) is 0 Å². The SMILES string of the molecule is CCC/C=C/CC/C=C/CC/C=C/C(O)C(COC1OC(CO)C(O)C(O)C1O)NC(=O)CCCCCCCCCCCCCCCCCCCCCCCCCCCCCCCCCCCOC(=O)CCCCCCCCCCCCCC. The van der Waals surface area contributed by atoms with Crippen LogP contribution in [0, 0.1) is 0 Å². The number of unbranched alkanes of at least 4 members (excludes halogenated alkanes) is 46. The largest absolute Gasteiger partial charge is 0.466 e. The second kappa shape index (κ2) is 62.5. The highest BCUT2D eigenvalue weighted by molar-refractivity contribution is 5.76. The minimum atomic E-state index is -1.58. The molecule has 1 rings (SSSR count). The van der Waals surface area contributed by atoms with Gasteiger partial charge in [-0.1, -0.05) is 326 Å². The van der Waals surface area contributed by atoms with Gasteiger partial charge in [0.2, 0.25) is 5.91 Å². The monoisotopic (exact) mass is 1190 g/mol. The number of amides is 1. The van der Waals surface area contributed by atoms with Gasteiger partial charge in [0, 0.05) is 12.8 Å². The number of esters is 1. The van der Waals surface area contributed by atoms with Crippen LogP contribution in [0.5, 0.6) is 0 Å². The third-order valence-electron chi connectivity index (χ3n) is 17.2. The quantitative estimate of drug-likeness (QED) is 0.0195. The van der Waals surface area contributed by atoms with Gasteiger partial charge in [0.25, 0.3) is 0 Å². The van der Waals surface area contributed by atoms with E-state index >= 15 is 0 Å². The second-order valence-electron chi connectivity index (χ2n) is 25.3. The van der Waals surface area contributed by atoms with Gasteiger partial charge in [0.05, 0.1) is 32.0 Å². The van der Waals surface area contributed by atoms with E-state index in [-0.39, 0.29) is 18.5 Å². The molecule has 1 heterocycles. The van der Waals surface area contributed by atoms with Crippen LogP contribution < -0.4 is 5.32 Å².